The van der Waals surface area contributed by atoms with Gasteiger partial charge in [0.05, 0.1) is 26.9 Å². The number of esters is 2. The van der Waals surface area contributed by atoms with Crippen LogP contribution in [0.3, 0.4) is 0 Å². The van der Waals surface area contributed by atoms with E-state index in [2.05, 4.69) is 10.1 Å². The quantitative estimate of drug-likeness (QED) is 0.749. The van der Waals surface area contributed by atoms with E-state index < -0.39 is 23.9 Å². The third-order valence-electron chi connectivity index (χ3n) is 3.91. The second kappa shape index (κ2) is 9.38. The molecular weight excluding hydrogens is 350 g/mol. The summed E-state index contributed by atoms with van der Waals surface area (Å²) in [4.78, 5) is 36.3. The summed E-state index contributed by atoms with van der Waals surface area (Å²) in [5, 5.41) is 2.65. The fourth-order valence-electron chi connectivity index (χ4n) is 2.52. The van der Waals surface area contributed by atoms with Gasteiger partial charge in [0.1, 0.15) is 11.8 Å². The van der Waals surface area contributed by atoms with E-state index in [1.807, 2.05) is 6.07 Å². The topological polar surface area (TPSA) is 90.9 Å². The van der Waals surface area contributed by atoms with Crippen molar-refractivity contribution in [2.75, 3.05) is 21.3 Å². The number of hydrogen-bond acceptors (Lipinski definition) is 6. The van der Waals surface area contributed by atoms with E-state index in [0.717, 1.165) is 5.56 Å². The van der Waals surface area contributed by atoms with Gasteiger partial charge in [-0.3, -0.25) is 4.79 Å². The van der Waals surface area contributed by atoms with Crippen molar-refractivity contribution in [2.45, 2.75) is 12.5 Å². The molecule has 7 heteroatoms. The van der Waals surface area contributed by atoms with E-state index >= 15 is 0 Å². The summed E-state index contributed by atoms with van der Waals surface area (Å²) in [6.45, 7) is 0. The third kappa shape index (κ3) is 5.31. The Morgan fingerprint density at radius 1 is 0.926 bits per heavy atom. The highest BCUT2D eigenvalue weighted by Gasteiger charge is 2.23. The lowest BCUT2D eigenvalue weighted by atomic mass is 10.0. The molecule has 0 aliphatic carbocycles. The van der Waals surface area contributed by atoms with E-state index in [1.54, 1.807) is 37.4 Å². The first-order chi connectivity index (χ1) is 13.0. The molecule has 0 bridgehead atoms. The van der Waals surface area contributed by atoms with Crippen molar-refractivity contribution in [2.24, 2.45) is 0 Å². The minimum atomic E-state index is -0.892. The van der Waals surface area contributed by atoms with Crippen LogP contribution in [0.2, 0.25) is 0 Å². The van der Waals surface area contributed by atoms with Crippen LogP contribution in [0.15, 0.2) is 48.5 Å². The number of benzene rings is 2. The van der Waals surface area contributed by atoms with Gasteiger partial charge in [0.2, 0.25) is 0 Å². The van der Waals surface area contributed by atoms with Crippen LogP contribution >= 0.6 is 0 Å². The van der Waals surface area contributed by atoms with Crippen molar-refractivity contribution in [1.29, 1.82) is 0 Å². The van der Waals surface area contributed by atoms with Crippen LogP contribution in [-0.4, -0.2) is 45.2 Å². The number of hydrogen-bond donors (Lipinski definition) is 1. The lowest BCUT2D eigenvalue weighted by Gasteiger charge is -2.17. The molecule has 27 heavy (non-hydrogen) atoms. The number of carbonyl (C=O) groups is 3. The molecule has 0 radical (unpaired) electrons. The van der Waals surface area contributed by atoms with Crippen molar-refractivity contribution in [3.8, 4) is 5.75 Å². The Morgan fingerprint density at radius 2 is 1.63 bits per heavy atom. The Kier molecular flexibility index (Phi) is 6.93. The molecule has 0 aliphatic rings. The van der Waals surface area contributed by atoms with Crippen LogP contribution < -0.4 is 10.1 Å². The van der Waals surface area contributed by atoms with Crippen molar-refractivity contribution < 1.29 is 28.6 Å². The second-order valence-corrected chi connectivity index (χ2v) is 5.68. The highest BCUT2D eigenvalue weighted by molar-refractivity contribution is 5.99. The lowest BCUT2D eigenvalue weighted by molar-refractivity contribution is -0.142. The van der Waals surface area contributed by atoms with Gasteiger partial charge in [-0.25, -0.2) is 9.59 Å². The molecule has 0 fully saturated rings. The Bertz CT molecular complexity index is 833. The predicted molar refractivity (Wildman–Crippen MR) is 97.7 cm³/mol. The minimum absolute atomic E-state index is 0.228. The van der Waals surface area contributed by atoms with Crippen LogP contribution in [0.25, 0.3) is 0 Å². The van der Waals surface area contributed by atoms with Crippen LogP contribution in [0, 0.1) is 0 Å². The third-order valence-corrected chi connectivity index (χ3v) is 3.91. The van der Waals surface area contributed by atoms with Gasteiger partial charge in [-0.05, 0) is 35.9 Å². The predicted octanol–water partition coefficient (Wildman–Crippen LogP) is 2.00. The number of ether oxygens (including phenoxy) is 3. The highest BCUT2D eigenvalue weighted by atomic mass is 16.5. The molecular formula is C20H21NO6. The van der Waals surface area contributed by atoms with E-state index in [0.29, 0.717) is 5.75 Å². The maximum absolute atomic E-state index is 12.6. The van der Waals surface area contributed by atoms with Gasteiger partial charge >= 0.3 is 11.9 Å². The molecule has 1 amide bonds. The van der Waals surface area contributed by atoms with Crippen molar-refractivity contribution >= 4 is 17.8 Å². The number of amides is 1. The van der Waals surface area contributed by atoms with E-state index in [-0.39, 0.29) is 17.5 Å². The number of nitrogens with one attached hydrogen (secondary N) is 1. The summed E-state index contributed by atoms with van der Waals surface area (Å²) in [6.07, 6.45) is 0.228. The number of rotatable bonds is 7. The van der Waals surface area contributed by atoms with Crippen molar-refractivity contribution in [3.05, 3.63) is 65.2 Å². The highest BCUT2D eigenvalue weighted by Crippen LogP contribution is 2.15. The minimum Gasteiger partial charge on any atom is -0.497 e. The maximum Gasteiger partial charge on any atom is 0.337 e. The van der Waals surface area contributed by atoms with Crippen molar-refractivity contribution in [1.82, 2.24) is 5.32 Å². The zero-order valence-corrected chi connectivity index (χ0v) is 15.4. The fourth-order valence-corrected chi connectivity index (χ4v) is 2.52. The van der Waals surface area contributed by atoms with E-state index in [9.17, 15) is 14.4 Å². The molecule has 1 N–H and O–H groups in total. The molecule has 1 atom stereocenters. The molecule has 0 heterocycles. The first-order valence-corrected chi connectivity index (χ1v) is 8.18. The van der Waals surface area contributed by atoms with Gasteiger partial charge < -0.3 is 19.5 Å². The molecule has 0 aliphatic heterocycles. The van der Waals surface area contributed by atoms with E-state index in [1.165, 1.54) is 26.4 Å². The summed E-state index contributed by atoms with van der Waals surface area (Å²) >= 11 is 0. The lowest BCUT2D eigenvalue weighted by Crippen LogP contribution is -2.43. The maximum atomic E-state index is 12.6. The molecule has 142 valence electrons. The average Bonchev–Trinajstić information content (AvgIpc) is 2.72. The summed E-state index contributed by atoms with van der Waals surface area (Å²) in [6, 6.07) is 12.3. The van der Waals surface area contributed by atoms with Crippen LogP contribution in [-0.2, 0) is 20.7 Å². The smallest absolute Gasteiger partial charge is 0.337 e. The molecule has 0 aromatic heterocycles. The van der Waals surface area contributed by atoms with Crippen molar-refractivity contribution in [3.63, 3.8) is 0 Å². The fraction of sp³-hybridized carbons (Fsp3) is 0.250. The molecule has 0 saturated heterocycles. The summed E-state index contributed by atoms with van der Waals surface area (Å²) in [5.74, 6) is -0.979. The molecule has 2 rings (SSSR count). The first-order valence-electron chi connectivity index (χ1n) is 8.18. The molecule has 0 spiro atoms. The SMILES string of the molecule is COC(=O)c1cccc(C(=O)N[C@@H](Cc2cccc(OC)c2)C(=O)OC)c1. The monoisotopic (exact) mass is 371 g/mol. The summed E-state index contributed by atoms with van der Waals surface area (Å²) in [5.41, 5.74) is 1.28. The van der Waals surface area contributed by atoms with Crippen LogP contribution in [0.1, 0.15) is 26.3 Å². The molecule has 0 unspecified atom stereocenters. The number of methoxy groups -OCH3 is 3. The zero-order valence-electron chi connectivity index (χ0n) is 15.4. The van der Waals surface area contributed by atoms with E-state index in [4.69, 9.17) is 9.47 Å². The van der Waals surface area contributed by atoms with Crippen LogP contribution in [0.5, 0.6) is 5.75 Å². The van der Waals surface area contributed by atoms with Gasteiger partial charge in [0.25, 0.3) is 5.91 Å². The summed E-state index contributed by atoms with van der Waals surface area (Å²) in [7, 11) is 4.06. The van der Waals surface area contributed by atoms with Gasteiger partial charge in [-0.2, -0.15) is 0 Å². The standard InChI is InChI=1S/C20H21NO6/c1-25-16-9-4-6-13(10-16)11-17(20(24)27-3)21-18(22)14-7-5-8-15(12-14)19(23)26-2/h4-10,12,17H,11H2,1-3H3,(H,21,22)/t17-/m0/s1. The Hall–Kier alpha value is -3.35. The molecule has 0 saturated carbocycles. The number of carbonyl (C=O) groups excluding carboxylic acids is 3. The van der Waals surface area contributed by atoms with Gasteiger partial charge in [-0.15, -0.1) is 0 Å². The van der Waals surface area contributed by atoms with Gasteiger partial charge in [0.15, 0.2) is 0 Å². The second-order valence-electron chi connectivity index (χ2n) is 5.68. The van der Waals surface area contributed by atoms with Gasteiger partial charge in [0, 0.05) is 12.0 Å². The zero-order chi connectivity index (χ0) is 19.8. The largest absolute Gasteiger partial charge is 0.497 e. The normalized spacial score (nSPS) is 11.2. The Morgan fingerprint density at radius 3 is 2.30 bits per heavy atom. The Balaban J connectivity index is 2.19. The molecule has 2 aromatic carbocycles. The molecule has 7 nitrogen and oxygen atoms in total. The summed E-state index contributed by atoms with van der Waals surface area (Å²) < 4.78 is 14.6. The molecule has 2 aromatic rings. The average molecular weight is 371 g/mol. The first kappa shape index (κ1) is 20.0. The van der Waals surface area contributed by atoms with Gasteiger partial charge in [-0.1, -0.05) is 18.2 Å². The Labute approximate surface area is 157 Å². The van der Waals surface area contributed by atoms with Crippen LogP contribution in [0.4, 0.5) is 0 Å².